The predicted molar refractivity (Wildman–Crippen MR) is 120 cm³/mol. The van der Waals surface area contributed by atoms with Crippen LogP contribution < -0.4 is 11.1 Å². The zero-order chi connectivity index (χ0) is 21.2. The molecule has 0 saturated heterocycles. The Morgan fingerprint density at radius 2 is 2.03 bits per heavy atom. The highest BCUT2D eigenvalue weighted by atomic mass is 16.1. The molecule has 0 saturated carbocycles. The number of hydrogen-bond acceptors (Lipinski definition) is 4. The van der Waals surface area contributed by atoms with Gasteiger partial charge in [-0.1, -0.05) is 32.9 Å². The number of nitrogens with one attached hydrogen (secondary N) is 1. The summed E-state index contributed by atoms with van der Waals surface area (Å²) in [5.41, 5.74) is 11.8. The fraction of sp³-hybridized carbons (Fsp3) is 0.458. The van der Waals surface area contributed by atoms with Crippen molar-refractivity contribution in [3.8, 4) is 0 Å². The molecule has 0 aliphatic heterocycles. The summed E-state index contributed by atoms with van der Waals surface area (Å²) in [6.07, 6.45) is 5.01. The Morgan fingerprint density at radius 3 is 2.66 bits per heavy atom. The molecule has 3 N–H and O–H groups in total. The molecule has 1 aromatic carbocycles. The number of rotatable bonds is 6. The van der Waals surface area contributed by atoms with E-state index in [1.165, 1.54) is 22.3 Å². The molecule has 1 heterocycles. The Morgan fingerprint density at radius 1 is 1.28 bits per heavy atom. The normalized spacial score (nSPS) is 16.6. The summed E-state index contributed by atoms with van der Waals surface area (Å²) in [7, 11) is 0. The number of ketones is 1. The van der Waals surface area contributed by atoms with Crippen molar-refractivity contribution in [3.63, 3.8) is 0 Å². The number of aromatic nitrogens is 1. The van der Waals surface area contributed by atoms with E-state index in [9.17, 15) is 4.79 Å². The lowest BCUT2D eigenvalue weighted by Crippen LogP contribution is -2.15. The second-order valence-electron chi connectivity index (χ2n) is 9.26. The van der Waals surface area contributed by atoms with Gasteiger partial charge in [0.15, 0.2) is 5.82 Å². The molecular weight excluding hydrogens is 360 g/mol. The minimum absolute atomic E-state index is 0.0362. The number of carbonyl (C=O) groups is 1. The van der Waals surface area contributed by atoms with E-state index in [0.29, 0.717) is 30.3 Å². The number of anilines is 1. The molecule has 0 amide bonds. The molecule has 154 valence electrons. The van der Waals surface area contributed by atoms with Crippen LogP contribution in [0.4, 0.5) is 11.5 Å². The topological polar surface area (TPSA) is 80.4 Å². The van der Waals surface area contributed by atoms with E-state index < -0.39 is 0 Å². The SMILES string of the molecule is CC(N)=Nc1ccc(NC2CCc3c2ccc(CC(=O)CC(C)(C)C)c3C)cn1. The quantitative estimate of drug-likeness (QED) is 0.533. The lowest BCUT2D eigenvalue weighted by atomic mass is 9.87. The smallest absolute Gasteiger partial charge is 0.153 e. The number of pyridine rings is 1. The summed E-state index contributed by atoms with van der Waals surface area (Å²) < 4.78 is 0. The Bertz CT molecular complexity index is 919. The highest BCUT2D eigenvalue weighted by Crippen LogP contribution is 2.37. The van der Waals surface area contributed by atoms with Crippen LogP contribution in [0.1, 0.15) is 68.8 Å². The average Bonchev–Trinajstić information content (AvgIpc) is 3.01. The van der Waals surface area contributed by atoms with Gasteiger partial charge in [-0.15, -0.1) is 0 Å². The Labute approximate surface area is 173 Å². The highest BCUT2D eigenvalue weighted by molar-refractivity contribution is 5.82. The van der Waals surface area contributed by atoms with Gasteiger partial charge in [0, 0.05) is 12.8 Å². The molecule has 0 spiro atoms. The predicted octanol–water partition coefficient (Wildman–Crippen LogP) is 5.05. The second-order valence-corrected chi connectivity index (χ2v) is 9.26. The van der Waals surface area contributed by atoms with E-state index >= 15 is 0 Å². The van der Waals surface area contributed by atoms with Crippen molar-refractivity contribution >= 4 is 23.1 Å². The van der Waals surface area contributed by atoms with Gasteiger partial charge in [-0.3, -0.25) is 4.79 Å². The first-order valence-electron chi connectivity index (χ1n) is 10.3. The zero-order valence-electron chi connectivity index (χ0n) is 18.2. The molecule has 5 nitrogen and oxygen atoms in total. The molecule has 2 aromatic rings. The van der Waals surface area contributed by atoms with Gasteiger partial charge >= 0.3 is 0 Å². The van der Waals surface area contributed by atoms with Crippen molar-refractivity contribution < 1.29 is 4.79 Å². The van der Waals surface area contributed by atoms with Crippen LogP contribution in [0.25, 0.3) is 0 Å². The molecule has 1 aliphatic carbocycles. The average molecular weight is 393 g/mol. The Hall–Kier alpha value is -2.69. The van der Waals surface area contributed by atoms with Gasteiger partial charge in [0.25, 0.3) is 0 Å². The van der Waals surface area contributed by atoms with Crippen molar-refractivity contribution in [3.05, 3.63) is 52.7 Å². The lowest BCUT2D eigenvalue weighted by molar-refractivity contribution is -0.120. The number of amidine groups is 1. The molecule has 0 fully saturated rings. The van der Waals surface area contributed by atoms with Gasteiger partial charge in [-0.05, 0) is 66.5 Å². The maximum absolute atomic E-state index is 12.4. The summed E-state index contributed by atoms with van der Waals surface area (Å²) in [5, 5.41) is 3.59. The molecule has 1 unspecified atom stereocenters. The summed E-state index contributed by atoms with van der Waals surface area (Å²) >= 11 is 0. The number of fused-ring (bicyclic) bond motifs is 1. The van der Waals surface area contributed by atoms with Gasteiger partial charge in [0.2, 0.25) is 0 Å². The molecule has 1 aliphatic rings. The van der Waals surface area contributed by atoms with Crippen LogP contribution in [0.2, 0.25) is 0 Å². The first-order valence-corrected chi connectivity index (χ1v) is 10.3. The van der Waals surface area contributed by atoms with Crippen molar-refractivity contribution in [1.29, 1.82) is 0 Å². The van der Waals surface area contributed by atoms with E-state index in [1.54, 1.807) is 13.1 Å². The fourth-order valence-corrected chi connectivity index (χ4v) is 4.06. The Balaban J connectivity index is 1.72. The summed E-state index contributed by atoms with van der Waals surface area (Å²) in [6.45, 7) is 10.2. The summed E-state index contributed by atoms with van der Waals surface area (Å²) in [5.74, 6) is 1.42. The minimum atomic E-state index is 0.0362. The van der Waals surface area contributed by atoms with Gasteiger partial charge in [0.1, 0.15) is 5.78 Å². The molecule has 1 aromatic heterocycles. The maximum Gasteiger partial charge on any atom is 0.153 e. The van der Waals surface area contributed by atoms with E-state index in [-0.39, 0.29) is 11.5 Å². The zero-order valence-corrected chi connectivity index (χ0v) is 18.2. The van der Waals surface area contributed by atoms with E-state index in [4.69, 9.17) is 5.73 Å². The molecule has 0 bridgehead atoms. The highest BCUT2D eigenvalue weighted by Gasteiger charge is 2.25. The van der Waals surface area contributed by atoms with E-state index in [0.717, 1.165) is 18.5 Å². The standard InChI is InChI=1S/C24H32N4O/c1-15-17(12-19(29)13-24(3,4)5)6-8-21-20(15)9-10-22(21)28-18-7-11-23(26-14-18)27-16(2)25/h6-8,11,14,22,28H,9-10,12-13H2,1-5H3,(H2,25,26,27). The van der Waals surface area contributed by atoms with E-state index in [1.807, 2.05) is 12.1 Å². The summed E-state index contributed by atoms with van der Waals surface area (Å²) in [6, 6.07) is 8.43. The van der Waals surface area contributed by atoms with E-state index in [2.05, 4.69) is 55.1 Å². The fourth-order valence-electron chi connectivity index (χ4n) is 4.06. The summed E-state index contributed by atoms with van der Waals surface area (Å²) in [4.78, 5) is 21.0. The maximum atomic E-state index is 12.4. The largest absolute Gasteiger partial charge is 0.387 e. The van der Waals surface area contributed by atoms with Crippen LogP contribution in [-0.2, 0) is 17.6 Å². The molecular formula is C24H32N4O. The number of carbonyl (C=O) groups excluding carboxylic acids is 1. The van der Waals surface area contributed by atoms with Crippen LogP contribution in [0, 0.1) is 12.3 Å². The number of benzene rings is 1. The van der Waals surface area contributed by atoms with Crippen molar-refractivity contribution in [2.45, 2.75) is 66.3 Å². The number of nitrogens with zero attached hydrogens (tertiary/aromatic N) is 2. The number of nitrogens with two attached hydrogens (primary N) is 1. The van der Waals surface area contributed by atoms with Crippen LogP contribution in [0.5, 0.6) is 0 Å². The van der Waals surface area contributed by atoms with Crippen LogP contribution in [0.15, 0.2) is 35.5 Å². The van der Waals surface area contributed by atoms with Crippen molar-refractivity contribution in [2.24, 2.45) is 16.1 Å². The third kappa shape index (κ3) is 5.43. The molecule has 29 heavy (non-hydrogen) atoms. The first-order chi connectivity index (χ1) is 13.6. The van der Waals surface area contributed by atoms with Crippen LogP contribution in [0.3, 0.4) is 0 Å². The van der Waals surface area contributed by atoms with Crippen LogP contribution >= 0.6 is 0 Å². The third-order valence-corrected chi connectivity index (χ3v) is 5.30. The minimum Gasteiger partial charge on any atom is -0.387 e. The van der Waals surface area contributed by atoms with Crippen molar-refractivity contribution in [2.75, 3.05) is 5.32 Å². The third-order valence-electron chi connectivity index (χ3n) is 5.30. The first kappa shape index (κ1) is 21.0. The Kier molecular flexibility index (Phi) is 6.06. The van der Waals surface area contributed by atoms with Gasteiger partial charge in [-0.25, -0.2) is 9.98 Å². The number of aliphatic imine (C=N–C) groups is 1. The molecule has 0 radical (unpaired) electrons. The number of hydrogen-bond donors (Lipinski definition) is 2. The van der Waals surface area contributed by atoms with Gasteiger partial charge < -0.3 is 11.1 Å². The number of Topliss-reactive ketones (excluding diaryl/α,β-unsaturated/α-hetero) is 1. The molecule has 5 heteroatoms. The monoisotopic (exact) mass is 392 g/mol. The van der Waals surface area contributed by atoms with Crippen molar-refractivity contribution in [1.82, 2.24) is 4.98 Å². The lowest BCUT2D eigenvalue weighted by Gasteiger charge is -2.19. The van der Waals surface area contributed by atoms with Gasteiger partial charge in [-0.2, -0.15) is 0 Å². The molecule has 3 rings (SSSR count). The van der Waals surface area contributed by atoms with Crippen LogP contribution in [-0.4, -0.2) is 16.6 Å². The second kappa shape index (κ2) is 8.36. The molecule has 1 atom stereocenters. The van der Waals surface area contributed by atoms with Gasteiger partial charge in [0.05, 0.1) is 23.8 Å².